The third kappa shape index (κ3) is 2.56. The predicted octanol–water partition coefficient (Wildman–Crippen LogP) is 3.02. The minimum atomic E-state index is -4.33. The van der Waals surface area contributed by atoms with Crippen LogP contribution in [0.25, 0.3) is 0 Å². The summed E-state index contributed by atoms with van der Waals surface area (Å²) in [5.74, 6) is 0.866. The van der Waals surface area contributed by atoms with Crippen LogP contribution in [-0.4, -0.2) is 22.9 Å². The normalized spacial score (nSPS) is 21.8. The fraction of sp³-hybridized carbons (Fsp3) is 0.400. The second kappa shape index (κ2) is 5.01. The standard InChI is InChI=1S/C15H17F3N4/c1-14(8-19)9-21(13-6-7-20-22(13)10-14)12-4-2-11(3-5-12)15(16,17)18/h2-7H,8-10,19H2,1H3. The molecule has 1 atom stereocenters. The average molecular weight is 310 g/mol. The van der Waals surface area contributed by atoms with Crippen LogP contribution in [0, 0.1) is 5.41 Å². The molecule has 0 spiro atoms. The summed E-state index contributed by atoms with van der Waals surface area (Å²) in [7, 11) is 0. The Labute approximate surface area is 126 Å². The van der Waals surface area contributed by atoms with Gasteiger partial charge in [-0.25, -0.2) is 4.68 Å². The van der Waals surface area contributed by atoms with Gasteiger partial charge in [-0.3, -0.25) is 0 Å². The van der Waals surface area contributed by atoms with Crippen LogP contribution in [-0.2, 0) is 12.7 Å². The van der Waals surface area contributed by atoms with Gasteiger partial charge in [-0.2, -0.15) is 18.3 Å². The van der Waals surface area contributed by atoms with Crippen LogP contribution in [0.3, 0.4) is 0 Å². The number of benzene rings is 1. The van der Waals surface area contributed by atoms with E-state index < -0.39 is 11.7 Å². The van der Waals surface area contributed by atoms with Gasteiger partial charge in [0.25, 0.3) is 0 Å². The average Bonchev–Trinajstić information content (AvgIpc) is 2.93. The van der Waals surface area contributed by atoms with E-state index in [1.54, 1.807) is 6.20 Å². The van der Waals surface area contributed by atoms with Gasteiger partial charge in [-0.15, -0.1) is 0 Å². The molecule has 0 bridgehead atoms. The van der Waals surface area contributed by atoms with E-state index in [2.05, 4.69) is 12.0 Å². The third-order valence-electron chi connectivity index (χ3n) is 4.04. The highest BCUT2D eigenvalue weighted by molar-refractivity contribution is 5.61. The SMILES string of the molecule is CC1(CN)CN(c2ccc(C(F)(F)F)cc2)c2ccnn2C1. The smallest absolute Gasteiger partial charge is 0.330 e. The van der Waals surface area contributed by atoms with E-state index in [-0.39, 0.29) is 5.41 Å². The first-order valence-electron chi connectivity index (χ1n) is 6.99. The summed E-state index contributed by atoms with van der Waals surface area (Å²) in [4.78, 5) is 1.96. The predicted molar refractivity (Wildman–Crippen MR) is 77.8 cm³/mol. The number of anilines is 2. The van der Waals surface area contributed by atoms with Gasteiger partial charge in [-0.05, 0) is 24.3 Å². The molecule has 4 nitrogen and oxygen atoms in total. The zero-order valence-corrected chi connectivity index (χ0v) is 12.1. The molecule has 0 saturated heterocycles. The Morgan fingerprint density at radius 1 is 1.18 bits per heavy atom. The zero-order valence-electron chi connectivity index (χ0n) is 12.1. The molecule has 7 heteroatoms. The molecule has 1 aliphatic rings. The second-order valence-electron chi connectivity index (χ2n) is 5.99. The van der Waals surface area contributed by atoms with Crippen LogP contribution < -0.4 is 10.6 Å². The van der Waals surface area contributed by atoms with Crippen LogP contribution in [0.1, 0.15) is 12.5 Å². The third-order valence-corrected chi connectivity index (χ3v) is 4.04. The molecule has 2 N–H and O–H groups in total. The molecule has 0 aliphatic carbocycles. The first-order valence-corrected chi connectivity index (χ1v) is 6.99. The zero-order chi connectivity index (χ0) is 16.0. The Bertz CT molecular complexity index is 662. The molecule has 0 fully saturated rings. The molecule has 1 aliphatic heterocycles. The van der Waals surface area contributed by atoms with Gasteiger partial charge in [0.15, 0.2) is 0 Å². The van der Waals surface area contributed by atoms with Crippen molar-refractivity contribution in [2.24, 2.45) is 11.1 Å². The first kappa shape index (κ1) is 14.9. The van der Waals surface area contributed by atoms with Crippen molar-refractivity contribution >= 4 is 11.5 Å². The molecule has 118 valence electrons. The lowest BCUT2D eigenvalue weighted by molar-refractivity contribution is -0.137. The molecule has 3 rings (SSSR count). The number of halogens is 3. The summed E-state index contributed by atoms with van der Waals surface area (Å²) in [5.41, 5.74) is 5.74. The van der Waals surface area contributed by atoms with Gasteiger partial charge in [0, 0.05) is 30.3 Å². The number of nitrogens with two attached hydrogens (primary N) is 1. The number of alkyl halides is 3. The molecule has 2 heterocycles. The fourth-order valence-electron chi connectivity index (χ4n) is 2.73. The largest absolute Gasteiger partial charge is 0.416 e. The summed E-state index contributed by atoms with van der Waals surface area (Å²) in [5, 5.41) is 4.27. The number of hydrogen-bond acceptors (Lipinski definition) is 3. The number of nitrogens with zero attached hydrogens (tertiary/aromatic N) is 3. The summed E-state index contributed by atoms with van der Waals surface area (Å²) in [6.45, 7) is 3.86. The second-order valence-corrected chi connectivity index (χ2v) is 5.99. The van der Waals surface area contributed by atoms with Gasteiger partial charge in [0.1, 0.15) is 5.82 Å². The lowest BCUT2D eigenvalue weighted by Gasteiger charge is -2.41. The fourth-order valence-corrected chi connectivity index (χ4v) is 2.73. The molecule has 22 heavy (non-hydrogen) atoms. The first-order chi connectivity index (χ1) is 10.3. The van der Waals surface area contributed by atoms with E-state index in [4.69, 9.17) is 5.73 Å². The Hall–Kier alpha value is -2.02. The van der Waals surface area contributed by atoms with Crippen LogP contribution in [0.2, 0.25) is 0 Å². The van der Waals surface area contributed by atoms with E-state index in [0.717, 1.165) is 18.0 Å². The topological polar surface area (TPSA) is 47.1 Å². The number of aromatic nitrogens is 2. The van der Waals surface area contributed by atoms with Crippen molar-refractivity contribution in [1.82, 2.24) is 9.78 Å². The highest BCUT2D eigenvalue weighted by atomic mass is 19.4. The van der Waals surface area contributed by atoms with Gasteiger partial charge in [0.2, 0.25) is 0 Å². The van der Waals surface area contributed by atoms with Gasteiger partial charge >= 0.3 is 6.18 Å². The molecular weight excluding hydrogens is 293 g/mol. The van der Waals surface area contributed by atoms with Crippen molar-refractivity contribution in [1.29, 1.82) is 0 Å². The molecule has 0 amide bonds. The summed E-state index contributed by atoms with van der Waals surface area (Å²) >= 11 is 0. The molecule has 1 aromatic carbocycles. The Balaban J connectivity index is 1.97. The monoisotopic (exact) mass is 310 g/mol. The molecule has 2 aromatic rings. The maximum atomic E-state index is 12.7. The molecular formula is C15H17F3N4. The van der Waals surface area contributed by atoms with Crippen LogP contribution >= 0.6 is 0 Å². The van der Waals surface area contributed by atoms with Crippen molar-refractivity contribution in [2.45, 2.75) is 19.6 Å². The van der Waals surface area contributed by atoms with Crippen molar-refractivity contribution in [3.8, 4) is 0 Å². The van der Waals surface area contributed by atoms with Gasteiger partial charge in [-0.1, -0.05) is 6.92 Å². The molecule has 0 radical (unpaired) electrons. The Morgan fingerprint density at radius 3 is 2.45 bits per heavy atom. The Morgan fingerprint density at radius 2 is 1.86 bits per heavy atom. The lowest BCUT2D eigenvalue weighted by atomic mass is 9.88. The van der Waals surface area contributed by atoms with Crippen LogP contribution in [0.4, 0.5) is 24.7 Å². The summed E-state index contributed by atoms with van der Waals surface area (Å²) in [6, 6.07) is 7.04. The molecule has 0 saturated carbocycles. The maximum absolute atomic E-state index is 12.7. The van der Waals surface area contributed by atoms with Crippen molar-refractivity contribution in [3.63, 3.8) is 0 Å². The lowest BCUT2D eigenvalue weighted by Crippen LogP contribution is -2.46. The van der Waals surface area contributed by atoms with Crippen molar-refractivity contribution in [3.05, 3.63) is 42.1 Å². The minimum Gasteiger partial charge on any atom is -0.330 e. The summed E-state index contributed by atoms with van der Waals surface area (Å²) < 4.78 is 39.9. The number of fused-ring (bicyclic) bond motifs is 1. The number of rotatable bonds is 2. The van der Waals surface area contributed by atoms with Gasteiger partial charge in [0.05, 0.1) is 18.3 Å². The quantitative estimate of drug-likeness (QED) is 0.927. The Kier molecular flexibility index (Phi) is 3.40. The van der Waals surface area contributed by atoms with E-state index >= 15 is 0 Å². The highest BCUT2D eigenvalue weighted by Crippen LogP contribution is 2.37. The maximum Gasteiger partial charge on any atom is 0.416 e. The van der Waals surface area contributed by atoms with Crippen LogP contribution in [0.5, 0.6) is 0 Å². The van der Waals surface area contributed by atoms with E-state index in [1.165, 1.54) is 12.1 Å². The number of hydrogen-bond donors (Lipinski definition) is 1. The van der Waals surface area contributed by atoms with E-state index in [1.807, 2.05) is 15.6 Å². The van der Waals surface area contributed by atoms with E-state index in [0.29, 0.717) is 25.3 Å². The minimum absolute atomic E-state index is 0.179. The van der Waals surface area contributed by atoms with E-state index in [9.17, 15) is 13.2 Å². The van der Waals surface area contributed by atoms with Gasteiger partial charge < -0.3 is 10.6 Å². The summed E-state index contributed by atoms with van der Waals surface area (Å²) in [6.07, 6.45) is -2.64. The van der Waals surface area contributed by atoms with Crippen molar-refractivity contribution < 1.29 is 13.2 Å². The molecule has 1 unspecified atom stereocenters. The van der Waals surface area contributed by atoms with Crippen molar-refractivity contribution in [2.75, 3.05) is 18.0 Å². The highest BCUT2D eigenvalue weighted by Gasteiger charge is 2.35. The molecule has 1 aromatic heterocycles. The van der Waals surface area contributed by atoms with Crippen LogP contribution in [0.15, 0.2) is 36.5 Å².